The molecule has 0 bridgehead atoms. The number of hydrogen-bond donors (Lipinski definition) is 1. The number of morpholine rings is 1. The molecular formula is C14H29N3O. The van der Waals surface area contributed by atoms with Gasteiger partial charge in [0.05, 0.1) is 13.2 Å². The lowest BCUT2D eigenvalue weighted by molar-refractivity contribution is 0.0342. The van der Waals surface area contributed by atoms with Gasteiger partial charge in [-0.05, 0) is 51.9 Å². The van der Waals surface area contributed by atoms with Crippen LogP contribution in [-0.2, 0) is 4.74 Å². The van der Waals surface area contributed by atoms with Crippen molar-refractivity contribution in [3.8, 4) is 0 Å². The summed E-state index contributed by atoms with van der Waals surface area (Å²) in [6.07, 6.45) is 4.14. The minimum absolute atomic E-state index is 0.907. The minimum atomic E-state index is 0.907. The molecule has 0 aromatic carbocycles. The van der Waals surface area contributed by atoms with Crippen LogP contribution in [0.1, 0.15) is 19.3 Å². The first-order valence-corrected chi connectivity index (χ1v) is 7.54. The molecule has 2 heterocycles. The minimum Gasteiger partial charge on any atom is -0.379 e. The maximum absolute atomic E-state index is 5.37. The van der Waals surface area contributed by atoms with Crippen molar-refractivity contribution in [3.63, 3.8) is 0 Å². The molecule has 1 atom stereocenters. The number of likely N-dealkylation sites (N-methyl/N-ethyl adjacent to an activating group) is 1. The van der Waals surface area contributed by atoms with Gasteiger partial charge in [0.15, 0.2) is 0 Å². The zero-order valence-electron chi connectivity index (χ0n) is 11.9. The van der Waals surface area contributed by atoms with Gasteiger partial charge in [0.2, 0.25) is 0 Å². The second-order valence-corrected chi connectivity index (χ2v) is 5.76. The van der Waals surface area contributed by atoms with Crippen LogP contribution < -0.4 is 5.32 Å². The molecule has 4 nitrogen and oxygen atoms in total. The first-order valence-electron chi connectivity index (χ1n) is 7.54. The van der Waals surface area contributed by atoms with Crippen LogP contribution in [0.2, 0.25) is 0 Å². The molecule has 2 saturated heterocycles. The van der Waals surface area contributed by atoms with Crippen LogP contribution in [-0.4, -0.2) is 75.9 Å². The van der Waals surface area contributed by atoms with Crippen molar-refractivity contribution < 1.29 is 4.74 Å². The quantitative estimate of drug-likeness (QED) is 0.754. The Balaban J connectivity index is 1.52. The van der Waals surface area contributed by atoms with E-state index in [1.54, 1.807) is 0 Å². The standard InChI is InChI=1S/C14H29N3O/c1-16(6-4-14-3-2-5-15-13-14)7-8-17-9-11-18-12-10-17/h14-15H,2-13H2,1H3. The topological polar surface area (TPSA) is 27.7 Å². The van der Waals surface area contributed by atoms with Gasteiger partial charge in [-0.1, -0.05) is 0 Å². The average molecular weight is 255 g/mol. The van der Waals surface area contributed by atoms with Crippen LogP contribution in [0.5, 0.6) is 0 Å². The third-order valence-electron chi connectivity index (χ3n) is 4.22. The van der Waals surface area contributed by atoms with Gasteiger partial charge in [0, 0.05) is 26.2 Å². The number of hydrogen-bond acceptors (Lipinski definition) is 4. The monoisotopic (exact) mass is 255 g/mol. The Kier molecular flexibility index (Phi) is 6.41. The van der Waals surface area contributed by atoms with E-state index in [4.69, 9.17) is 4.74 Å². The Bertz CT molecular complexity index is 191. The molecule has 4 heteroatoms. The van der Waals surface area contributed by atoms with E-state index in [-0.39, 0.29) is 0 Å². The van der Waals surface area contributed by atoms with Crippen molar-refractivity contribution in [3.05, 3.63) is 0 Å². The summed E-state index contributed by atoms with van der Waals surface area (Å²) in [4.78, 5) is 5.01. The first kappa shape index (κ1) is 14.3. The largest absolute Gasteiger partial charge is 0.379 e. The number of ether oxygens (including phenoxy) is 1. The molecule has 18 heavy (non-hydrogen) atoms. The molecule has 2 aliphatic heterocycles. The van der Waals surface area contributed by atoms with Crippen molar-refractivity contribution >= 4 is 0 Å². The summed E-state index contributed by atoms with van der Waals surface area (Å²) in [5, 5.41) is 3.50. The summed E-state index contributed by atoms with van der Waals surface area (Å²) in [5.41, 5.74) is 0. The summed E-state index contributed by atoms with van der Waals surface area (Å²) in [5.74, 6) is 0.907. The van der Waals surface area contributed by atoms with Crippen molar-refractivity contribution in [1.82, 2.24) is 15.1 Å². The predicted octanol–water partition coefficient (Wildman–Crippen LogP) is 0.640. The number of nitrogens with zero attached hydrogens (tertiary/aromatic N) is 2. The lowest BCUT2D eigenvalue weighted by atomic mass is 9.96. The average Bonchev–Trinajstić information content (AvgIpc) is 2.45. The molecular weight excluding hydrogens is 226 g/mol. The molecule has 0 amide bonds. The van der Waals surface area contributed by atoms with Crippen LogP contribution >= 0.6 is 0 Å². The van der Waals surface area contributed by atoms with E-state index >= 15 is 0 Å². The molecule has 106 valence electrons. The smallest absolute Gasteiger partial charge is 0.0594 e. The van der Waals surface area contributed by atoms with E-state index in [1.807, 2.05) is 0 Å². The summed E-state index contributed by atoms with van der Waals surface area (Å²) in [6, 6.07) is 0. The van der Waals surface area contributed by atoms with Gasteiger partial charge in [-0.25, -0.2) is 0 Å². The van der Waals surface area contributed by atoms with Gasteiger partial charge in [-0.2, -0.15) is 0 Å². The van der Waals surface area contributed by atoms with E-state index in [2.05, 4.69) is 22.2 Å². The van der Waals surface area contributed by atoms with Crippen LogP contribution in [0.15, 0.2) is 0 Å². The highest BCUT2D eigenvalue weighted by atomic mass is 16.5. The zero-order valence-corrected chi connectivity index (χ0v) is 11.9. The molecule has 2 rings (SSSR count). The molecule has 0 saturated carbocycles. The highest BCUT2D eigenvalue weighted by molar-refractivity contribution is 4.71. The Morgan fingerprint density at radius 1 is 1.28 bits per heavy atom. The third-order valence-corrected chi connectivity index (χ3v) is 4.22. The van der Waals surface area contributed by atoms with Crippen molar-refractivity contribution in [2.24, 2.45) is 5.92 Å². The zero-order chi connectivity index (χ0) is 12.6. The van der Waals surface area contributed by atoms with Crippen molar-refractivity contribution in [1.29, 1.82) is 0 Å². The van der Waals surface area contributed by atoms with Gasteiger partial charge in [0.1, 0.15) is 0 Å². The molecule has 2 fully saturated rings. The predicted molar refractivity (Wildman–Crippen MR) is 75.0 cm³/mol. The van der Waals surface area contributed by atoms with Gasteiger partial charge < -0.3 is 15.0 Å². The van der Waals surface area contributed by atoms with E-state index < -0.39 is 0 Å². The summed E-state index contributed by atoms with van der Waals surface area (Å²) < 4.78 is 5.37. The summed E-state index contributed by atoms with van der Waals surface area (Å²) in [7, 11) is 2.26. The molecule has 0 radical (unpaired) electrons. The summed E-state index contributed by atoms with van der Waals surface area (Å²) >= 11 is 0. The fourth-order valence-corrected chi connectivity index (χ4v) is 2.82. The molecule has 2 aliphatic rings. The molecule has 1 N–H and O–H groups in total. The van der Waals surface area contributed by atoms with Crippen molar-refractivity contribution in [2.75, 3.05) is 66.1 Å². The van der Waals surface area contributed by atoms with Gasteiger partial charge >= 0.3 is 0 Å². The van der Waals surface area contributed by atoms with Crippen LogP contribution in [0.25, 0.3) is 0 Å². The first-order chi connectivity index (χ1) is 8.84. The third kappa shape index (κ3) is 5.22. The lowest BCUT2D eigenvalue weighted by Crippen LogP contribution is -2.41. The second kappa shape index (κ2) is 8.10. The number of rotatable bonds is 6. The molecule has 1 unspecified atom stereocenters. The lowest BCUT2D eigenvalue weighted by Gasteiger charge is -2.29. The Morgan fingerprint density at radius 3 is 2.83 bits per heavy atom. The highest BCUT2D eigenvalue weighted by Gasteiger charge is 2.14. The maximum Gasteiger partial charge on any atom is 0.0594 e. The normalized spacial score (nSPS) is 26.7. The molecule has 0 spiro atoms. The van der Waals surface area contributed by atoms with Gasteiger partial charge in [-0.3, -0.25) is 4.90 Å². The number of nitrogens with one attached hydrogen (secondary N) is 1. The molecule has 0 aromatic rings. The molecule has 0 aromatic heterocycles. The Labute approximate surface area is 112 Å². The van der Waals surface area contributed by atoms with E-state index in [9.17, 15) is 0 Å². The fourth-order valence-electron chi connectivity index (χ4n) is 2.82. The Hall–Kier alpha value is -0.160. The Morgan fingerprint density at radius 2 is 2.11 bits per heavy atom. The van der Waals surface area contributed by atoms with Crippen LogP contribution in [0, 0.1) is 5.92 Å². The van der Waals surface area contributed by atoms with E-state index in [0.717, 1.165) is 32.2 Å². The van der Waals surface area contributed by atoms with Gasteiger partial charge in [0.25, 0.3) is 0 Å². The molecule has 0 aliphatic carbocycles. The van der Waals surface area contributed by atoms with Gasteiger partial charge in [-0.15, -0.1) is 0 Å². The summed E-state index contributed by atoms with van der Waals surface area (Å²) in [6.45, 7) is 10.1. The second-order valence-electron chi connectivity index (χ2n) is 5.76. The van der Waals surface area contributed by atoms with E-state index in [0.29, 0.717) is 0 Å². The van der Waals surface area contributed by atoms with Crippen LogP contribution in [0.3, 0.4) is 0 Å². The SMILES string of the molecule is CN(CCC1CCCNC1)CCN1CCOCC1. The number of piperidine rings is 1. The maximum atomic E-state index is 5.37. The van der Waals surface area contributed by atoms with Crippen molar-refractivity contribution in [2.45, 2.75) is 19.3 Å². The fraction of sp³-hybridized carbons (Fsp3) is 1.00. The van der Waals surface area contributed by atoms with E-state index in [1.165, 1.54) is 52.0 Å². The van der Waals surface area contributed by atoms with Crippen LogP contribution in [0.4, 0.5) is 0 Å². The highest BCUT2D eigenvalue weighted by Crippen LogP contribution is 2.14.